The summed E-state index contributed by atoms with van der Waals surface area (Å²) in [6, 6.07) is 8.01. The van der Waals surface area contributed by atoms with E-state index in [1.165, 1.54) is 0 Å². The first kappa shape index (κ1) is 25.2. The lowest BCUT2D eigenvalue weighted by Crippen LogP contribution is -2.17. The van der Waals surface area contributed by atoms with Crippen molar-refractivity contribution >= 4 is 34.5 Å². The van der Waals surface area contributed by atoms with Gasteiger partial charge in [-0.25, -0.2) is 10.5 Å². The molecule has 34 heavy (non-hydrogen) atoms. The average molecular weight is 470 g/mol. The molecule has 3 aromatic rings. The van der Waals surface area contributed by atoms with Crippen LogP contribution in [0.4, 0.5) is 17.5 Å². The number of unbranched alkanes of at least 4 members (excludes halogenated alkanes) is 4. The Labute approximate surface area is 199 Å². The van der Waals surface area contributed by atoms with Gasteiger partial charge in [0.25, 0.3) is 0 Å². The largest absolute Gasteiger partial charge is 0.494 e. The molecule has 0 aliphatic carbocycles. The van der Waals surface area contributed by atoms with E-state index in [-0.39, 0.29) is 5.91 Å². The van der Waals surface area contributed by atoms with E-state index >= 15 is 0 Å². The monoisotopic (exact) mass is 469 g/mol. The number of hydrogen-bond donors (Lipinski definition) is 5. The predicted molar refractivity (Wildman–Crippen MR) is 133 cm³/mol. The Balaban J connectivity index is 1.46. The van der Waals surface area contributed by atoms with Crippen LogP contribution in [0.1, 0.15) is 65.2 Å². The zero-order valence-electron chi connectivity index (χ0n) is 19.9. The Kier molecular flexibility index (Phi) is 9.90. The van der Waals surface area contributed by atoms with Crippen LogP contribution in [0.15, 0.2) is 30.6 Å². The third kappa shape index (κ3) is 7.87. The fourth-order valence-electron chi connectivity index (χ4n) is 3.66. The number of imidazole rings is 1. The van der Waals surface area contributed by atoms with Crippen molar-refractivity contribution in [3.05, 3.63) is 30.6 Å². The minimum absolute atomic E-state index is 0.295. The molecule has 184 valence electrons. The number of nitrogens with zero attached hydrogens (tertiary/aromatic N) is 3. The number of aromatic amines is 1. The number of anilines is 3. The minimum atomic E-state index is -0.326. The number of fused-ring (bicyclic) bond motifs is 1. The normalized spacial score (nSPS) is 11.9. The lowest BCUT2D eigenvalue weighted by atomic mass is 10.1. The van der Waals surface area contributed by atoms with Gasteiger partial charge < -0.3 is 20.4 Å². The van der Waals surface area contributed by atoms with Crippen molar-refractivity contribution < 1.29 is 14.7 Å². The van der Waals surface area contributed by atoms with E-state index in [1.54, 1.807) is 11.8 Å². The highest BCUT2D eigenvalue weighted by Gasteiger charge is 2.12. The summed E-state index contributed by atoms with van der Waals surface area (Å²) < 4.78 is 5.83. The number of carbonyl (C=O) groups is 1. The van der Waals surface area contributed by atoms with Crippen molar-refractivity contribution in [3.63, 3.8) is 0 Å². The van der Waals surface area contributed by atoms with Crippen LogP contribution in [0.5, 0.6) is 5.75 Å². The Morgan fingerprint density at radius 1 is 1.12 bits per heavy atom. The summed E-state index contributed by atoms with van der Waals surface area (Å²) in [4.78, 5) is 27.5. The van der Waals surface area contributed by atoms with Crippen molar-refractivity contribution in [3.8, 4) is 5.75 Å². The summed E-state index contributed by atoms with van der Waals surface area (Å²) in [5.41, 5.74) is 3.93. The van der Waals surface area contributed by atoms with Crippen LogP contribution >= 0.6 is 0 Å². The van der Waals surface area contributed by atoms with Gasteiger partial charge in [-0.3, -0.25) is 10.0 Å². The fraction of sp³-hybridized carbons (Fsp3) is 0.500. The zero-order valence-corrected chi connectivity index (χ0v) is 19.9. The first-order chi connectivity index (χ1) is 16.6. The topological polar surface area (TPSA) is 137 Å². The smallest absolute Gasteiger partial charge is 0.243 e. The van der Waals surface area contributed by atoms with E-state index in [4.69, 9.17) is 9.94 Å². The fourth-order valence-corrected chi connectivity index (χ4v) is 3.66. The number of hydroxylamine groups is 1. The van der Waals surface area contributed by atoms with E-state index in [9.17, 15) is 4.79 Å². The van der Waals surface area contributed by atoms with Gasteiger partial charge in [-0.15, -0.1) is 0 Å². The highest BCUT2D eigenvalue weighted by molar-refractivity contribution is 5.84. The molecular weight excluding hydrogens is 434 g/mol. The molecule has 1 amide bonds. The quantitative estimate of drug-likeness (QED) is 0.120. The predicted octanol–water partition coefficient (Wildman–Crippen LogP) is 4.92. The van der Waals surface area contributed by atoms with Crippen LogP contribution in [0.3, 0.4) is 0 Å². The summed E-state index contributed by atoms with van der Waals surface area (Å²) in [6.07, 6.45) is 8.92. The number of aromatic nitrogens is 4. The standard InChI is InChI=1S/C24H35N7O3/c1-3-9-17(2)27-23-21-22(26-16-25-21)29-24(30-23)28-18-11-13-19(14-12-18)34-15-8-6-4-5-7-10-20(32)31-33/h11-14,16-17,33H,3-10,15H2,1-2H3,(H,31,32)(H3,25,26,27,28,29,30). The van der Waals surface area contributed by atoms with E-state index < -0.39 is 0 Å². The van der Waals surface area contributed by atoms with Crippen LogP contribution in [0, 0.1) is 0 Å². The molecule has 0 bridgehead atoms. The second kappa shape index (κ2) is 13.3. The molecule has 0 saturated heterocycles. The first-order valence-corrected chi connectivity index (χ1v) is 12.0. The molecule has 10 heteroatoms. The summed E-state index contributed by atoms with van der Waals surface area (Å²) in [5.74, 6) is 1.70. The van der Waals surface area contributed by atoms with Gasteiger partial charge in [0.05, 0.1) is 12.9 Å². The van der Waals surface area contributed by atoms with E-state index in [0.29, 0.717) is 30.7 Å². The zero-order chi connectivity index (χ0) is 24.2. The van der Waals surface area contributed by atoms with Crippen LogP contribution in [0.25, 0.3) is 11.2 Å². The van der Waals surface area contributed by atoms with Gasteiger partial charge in [-0.2, -0.15) is 9.97 Å². The van der Waals surface area contributed by atoms with Gasteiger partial charge in [0, 0.05) is 18.2 Å². The number of H-pyrrole nitrogens is 1. The molecule has 1 unspecified atom stereocenters. The van der Waals surface area contributed by atoms with Crippen LogP contribution in [-0.4, -0.2) is 43.7 Å². The van der Waals surface area contributed by atoms with Crippen LogP contribution in [-0.2, 0) is 4.79 Å². The second-order valence-corrected chi connectivity index (χ2v) is 8.38. The maximum absolute atomic E-state index is 10.9. The second-order valence-electron chi connectivity index (χ2n) is 8.38. The summed E-state index contributed by atoms with van der Waals surface area (Å²) in [6.45, 7) is 4.95. The maximum atomic E-state index is 10.9. The molecular formula is C24H35N7O3. The lowest BCUT2D eigenvalue weighted by molar-refractivity contribution is -0.129. The Morgan fingerprint density at radius 2 is 1.88 bits per heavy atom. The van der Waals surface area contributed by atoms with Gasteiger partial charge >= 0.3 is 0 Å². The SMILES string of the molecule is CCCC(C)Nc1nc(Nc2ccc(OCCCCCCCC(=O)NO)cc2)nc2nc[nH]c12. The van der Waals surface area contributed by atoms with Gasteiger partial charge in [0.2, 0.25) is 11.9 Å². The Morgan fingerprint density at radius 3 is 2.65 bits per heavy atom. The number of ether oxygens (including phenoxy) is 1. The molecule has 5 N–H and O–H groups in total. The molecule has 0 fully saturated rings. The summed E-state index contributed by atoms with van der Waals surface area (Å²) in [7, 11) is 0. The Bertz CT molecular complexity index is 1020. The van der Waals surface area contributed by atoms with Crippen LogP contribution in [0.2, 0.25) is 0 Å². The molecule has 1 atom stereocenters. The number of amides is 1. The third-order valence-corrected chi connectivity index (χ3v) is 5.44. The number of hydrogen-bond acceptors (Lipinski definition) is 8. The van der Waals surface area contributed by atoms with Crippen molar-refractivity contribution in [2.24, 2.45) is 0 Å². The molecule has 2 aromatic heterocycles. The van der Waals surface area contributed by atoms with Gasteiger partial charge in [-0.1, -0.05) is 32.6 Å². The van der Waals surface area contributed by atoms with Crippen molar-refractivity contribution in [1.29, 1.82) is 0 Å². The maximum Gasteiger partial charge on any atom is 0.243 e. The number of nitrogens with one attached hydrogen (secondary N) is 4. The van der Waals surface area contributed by atoms with Gasteiger partial charge in [-0.05, 0) is 50.5 Å². The number of rotatable bonds is 15. The highest BCUT2D eigenvalue weighted by atomic mass is 16.5. The molecule has 0 aliphatic rings. The van der Waals surface area contributed by atoms with Crippen molar-refractivity contribution in [2.75, 3.05) is 17.2 Å². The lowest BCUT2D eigenvalue weighted by Gasteiger charge is -2.15. The van der Waals surface area contributed by atoms with Crippen molar-refractivity contribution in [2.45, 2.75) is 71.3 Å². The molecule has 1 aromatic carbocycles. The average Bonchev–Trinajstić information content (AvgIpc) is 3.31. The molecule has 0 spiro atoms. The van der Waals surface area contributed by atoms with Crippen molar-refractivity contribution in [1.82, 2.24) is 25.4 Å². The Hall–Kier alpha value is -3.40. The first-order valence-electron chi connectivity index (χ1n) is 12.0. The summed E-state index contributed by atoms with van der Waals surface area (Å²) in [5, 5.41) is 15.2. The van der Waals surface area contributed by atoms with E-state index in [1.807, 2.05) is 24.3 Å². The van der Waals surface area contributed by atoms with Gasteiger partial charge in [0.15, 0.2) is 11.5 Å². The van der Waals surface area contributed by atoms with Crippen LogP contribution < -0.4 is 20.9 Å². The molecule has 2 heterocycles. The molecule has 3 rings (SSSR count). The molecule has 0 saturated carbocycles. The third-order valence-electron chi connectivity index (χ3n) is 5.44. The summed E-state index contributed by atoms with van der Waals surface area (Å²) >= 11 is 0. The molecule has 0 radical (unpaired) electrons. The number of carbonyl (C=O) groups excluding carboxylic acids is 1. The van der Waals surface area contributed by atoms with E-state index in [0.717, 1.165) is 67.7 Å². The van der Waals surface area contributed by atoms with Gasteiger partial charge in [0.1, 0.15) is 11.3 Å². The van der Waals surface area contributed by atoms with E-state index in [2.05, 4.69) is 44.4 Å². The number of benzene rings is 1. The molecule has 10 nitrogen and oxygen atoms in total. The highest BCUT2D eigenvalue weighted by Crippen LogP contribution is 2.23. The molecule has 0 aliphatic heterocycles. The minimum Gasteiger partial charge on any atom is -0.494 e.